The molecule has 160 valence electrons. The average Bonchev–Trinajstić information content (AvgIpc) is 2.76. The minimum absolute atomic E-state index is 0.0758. The Labute approximate surface area is 177 Å². The molecule has 1 amide bonds. The highest BCUT2D eigenvalue weighted by Gasteiger charge is 2.23. The van der Waals surface area contributed by atoms with E-state index in [1.807, 2.05) is 0 Å². The molecule has 0 spiro atoms. The number of nitrogens with zero attached hydrogens (tertiary/aromatic N) is 4. The second-order valence-corrected chi connectivity index (χ2v) is 6.22. The summed E-state index contributed by atoms with van der Waals surface area (Å²) in [4.78, 5) is 34.3. The first-order valence-electron chi connectivity index (χ1n) is 9.11. The SMILES string of the molecule is COc1c(-c2ncccn2)cc(CCOCc2cccc(OC(N)=O)n2)cc1[N+](=O)[O-]. The Kier molecular flexibility index (Phi) is 7.01. The number of aromatic nitrogens is 3. The Morgan fingerprint density at radius 2 is 1.97 bits per heavy atom. The number of hydrogen-bond acceptors (Lipinski definition) is 9. The molecule has 0 fully saturated rings. The molecule has 31 heavy (non-hydrogen) atoms. The summed E-state index contributed by atoms with van der Waals surface area (Å²) in [6, 6.07) is 9.69. The molecule has 0 atom stereocenters. The molecule has 0 unspecified atom stereocenters. The van der Waals surface area contributed by atoms with Crippen molar-refractivity contribution in [2.75, 3.05) is 13.7 Å². The maximum absolute atomic E-state index is 11.5. The zero-order valence-electron chi connectivity index (χ0n) is 16.6. The predicted molar refractivity (Wildman–Crippen MR) is 108 cm³/mol. The molecule has 2 heterocycles. The van der Waals surface area contributed by atoms with Crippen LogP contribution >= 0.6 is 0 Å². The van der Waals surface area contributed by atoms with Crippen LogP contribution in [-0.4, -0.2) is 39.7 Å². The zero-order chi connectivity index (χ0) is 22.2. The van der Waals surface area contributed by atoms with Crippen LogP contribution < -0.4 is 15.2 Å². The molecule has 11 heteroatoms. The van der Waals surface area contributed by atoms with Gasteiger partial charge in [-0.3, -0.25) is 10.1 Å². The van der Waals surface area contributed by atoms with Gasteiger partial charge in [0.25, 0.3) is 0 Å². The van der Waals surface area contributed by atoms with Crippen molar-refractivity contribution in [2.24, 2.45) is 5.73 Å². The van der Waals surface area contributed by atoms with Gasteiger partial charge in [0.1, 0.15) is 0 Å². The summed E-state index contributed by atoms with van der Waals surface area (Å²) in [7, 11) is 1.36. The number of rotatable bonds is 9. The Morgan fingerprint density at radius 1 is 1.19 bits per heavy atom. The lowest BCUT2D eigenvalue weighted by atomic mass is 10.0. The van der Waals surface area contributed by atoms with E-state index in [1.54, 1.807) is 36.7 Å². The number of ether oxygens (including phenoxy) is 3. The Bertz CT molecular complexity index is 1080. The van der Waals surface area contributed by atoms with Gasteiger partial charge < -0.3 is 19.9 Å². The van der Waals surface area contributed by atoms with Crippen molar-refractivity contribution in [3.8, 4) is 23.0 Å². The number of carbonyl (C=O) groups excluding carboxylic acids is 1. The molecule has 11 nitrogen and oxygen atoms in total. The molecule has 0 aliphatic carbocycles. The Morgan fingerprint density at radius 3 is 2.65 bits per heavy atom. The van der Waals surface area contributed by atoms with Crippen LogP contribution in [0.3, 0.4) is 0 Å². The van der Waals surface area contributed by atoms with Crippen LogP contribution in [0.5, 0.6) is 11.6 Å². The van der Waals surface area contributed by atoms with Crippen molar-refractivity contribution in [3.05, 3.63) is 70.2 Å². The van der Waals surface area contributed by atoms with Crippen LogP contribution in [-0.2, 0) is 17.8 Å². The lowest BCUT2D eigenvalue weighted by Crippen LogP contribution is -2.17. The van der Waals surface area contributed by atoms with E-state index in [1.165, 1.54) is 19.2 Å². The van der Waals surface area contributed by atoms with E-state index in [2.05, 4.69) is 15.0 Å². The second-order valence-electron chi connectivity index (χ2n) is 6.22. The smallest absolute Gasteiger partial charge is 0.411 e. The third-order valence-electron chi connectivity index (χ3n) is 4.11. The van der Waals surface area contributed by atoms with E-state index in [-0.39, 0.29) is 30.5 Å². The molecule has 0 saturated carbocycles. The summed E-state index contributed by atoms with van der Waals surface area (Å²) in [6.07, 6.45) is 2.53. The van der Waals surface area contributed by atoms with Crippen molar-refractivity contribution in [1.29, 1.82) is 0 Å². The summed E-state index contributed by atoms with van der Waals surface area (Å²) in [5.41, 5.74) is 6.41. The maximum atomic E-state index is 11.5. The van der Waals surface area contributed by atoms with E-state index < -0.39 is 11.0 Å². The number of benzene rings is 1. The molecule has 2 N–H and O–H groups in total. The number of methoxy groups -OCH3 is 1. The molecule has 3 rings (SSSR count). The molecule has 0 aliphatic heterocycles. The molecule has 2 aromatic heterocycles. The number of primary amides is 1. The van der Waals surface area contributed by atoms with Crippen molar-refractivity contribution in [3.63, 3.8) is 0 Å². The van der Waals surface area contributed by atoms with Gasteiger partial charge in [-0.1, -0.05) is 6.07 Å². The molecule has 0 radical (unpaired) electrons. The van der Waals surface area contributed by atoms with Gasteiger partial charge in [-0.2, -0.15) is 0 Å². The van der Waals surface area contributed by atoms with Gasteiger partial charge in [-0.25, -0.2) is 19.7 Å². The van der Waals surface area contributed by atoms with Crippen molar-refractivity contribution in [1.82, 2.24) is 15.0 Å². The highest BCUT2D eigenvalue weighted by atomic mass is 16.6. The van der Waals surface area contributed by atoms with Crippen molar-refractivity contribution >= 4 is 11.8 Å². The summed E-state index contributed by atoms with van der Waals surface area (Å²) in [5.74, 6) is 0.490. The number of amides is 1. The van der Waals surface area contributed by atoms with Crippen LogP contribution in [0, 0.1) is 10.1 Å². The normalized spacial score (nSPS) is 10.5. The van der Waals surface area contributed by atoms with Gasteiger partial charge in [0.2, 0.25) is 11.6 Å². The number of carbonyl (C=O) groups is 1. The molecule has 0 saturated heterocycles. The fraction of sp³-hybridized carbons (Fsp3) is 0.200. The highest BCUT2D eigenvalue weighted by molar-refractivity contribution is 5.72. The van der Waals surface area contributed by atoms with Crippen LogP contribution in [0.2, 0.25) is 0 Å². The van der Waals surface area contributed by atoms with Gasteiger partial charge in [0.05, 0.1) is 36.5 Å². The van der Waals surface area contributed by atoms with E-state index in [4.69, 9.17) is 19.9 Å². The number of nitro groups is 1. The first-order chi connectivity index (χ1) is 15.0. The van der Waals surface area contributed by atoms with Gasteiger partial charge >= 0.3 is 11.8 Å². The Balaban J connectivity index is 1.72. The Hall–Kier alpha value is -4.12. The number of hydrogen-bond donors (Lipinski definition) is 1. The van der Waals surface area contributed by atoms with Crippen LogP contribution in [0.4, 0.5) is 10.5 Å². The van der Waals surface area contributed by atoms with Crippen LogP contribution in [0.15, 0.2) is 48.8 Å². The van der Waals surface area contributed by atoms with Gasteiger partial charge in [0, 0.05) is 24.5 Å². The molecule has 3 aromatic rings. The fourth-order valence-corrected chi connectivity index (χ4v) is 2.84. The number of nitrogens with two attached hydrogens (primary N) is 1. The van der Waals surface area contributed by atoms with Gasteiger partial charge in [-0.05, 0) is 30.2 Å². The average molecular weight is 425 g/mol. The minimum atomic E-state index is -0.954. The monoisotopic (exact) mass is 425 g/mol. The summed E-state index contributed by atoms with van der Waals surface area (Å²) < 4.78 is 15.6. The first kappa shape index (κ1) is 21.6. The van der Waals surface area contributed by atoms with E-state index in [0.717, 1.165) is 0 Å². The largest absolute Gasteiger partial charge is 0.490 e. The van der Waals surface area contributed by atoms with E-state index in [9.17, 15) is 14.9 Å². The summed E-state index contributed by atoms with van der Waals surface area (Å²) >= 11 is 0. The number of nitro benzene ring substituents is 1. The summed E-state index contributed by atoms with van der Waals surface area (Å²) in [5, 5.41) is 11.5. The molecule has 0 bridgehead atoms. The van der Waals surface area contributed by atoms with E-state index in [0.29, 0.717) is 29.1 Å². The van der Waals surface area contributed by atoms with Gasteiger partial charge in [0.15, 0.2) is 5.82 Å². The third kappa shape index (κ3) is 5.70. The van der Waals surface area contributed by atoms with Crippen LogP contribution in [0.1, 0.15) is 11.3 Å². The second kappa shape index (κ2) is 10.1. The quantitative estimate of drug-likeness (QED) is 0.310. The topological polar surface area (TPSA) is 153 Å². The molecular formula is C20H19N5O6. The fourth-order valence-electron chi connectivity index (χ4n) is 2.84. The maximum Gasteiger partial charge on any atom is 0.411 e. The predicted octanol–water partition coefficient (Wildman–Crippen LogP) is 2.67. The summed E-state index contributed by atoms with van der Waals surface area (Å²) in [6.45, 7) is 0.421. The zero-order valence-corrected chi connectivity index (χ0v) is 16.6. The lowest BCUT2D eigenvalue weighted by molar-refractivity contribution is -0.385. The standard InChI is InChI=1S/C20H19N5O6/c1-29-18-15(19-22-7-3-8-23-19)10-13(11-16(18)25(27)28)6-9-30-12-14-4-2-5-17(24-14)31-20(21)26/h2-5,7-8,10-11H,6,9,12H2,1H3,(H2,21,26). The molecule has 0 aliphatic rings. The van der Waals surface area contributed by atoms with Crippen molar-refractivity contribution < 1.29 is 23.9 Å². The lowest BCUT2D eigenvalue weighted by Gasteiger charge is -2.11. The van der Waals surface area contributed by atoms with E-state index >= 15 is 0 Å². The first-order valence-corrected chi connectivity index (χ1v) is 9.11. The third-order valence-corrected chi connectivity index (χ3v) is 4.11. The van der Waals surface area contributed by atoms with Crippen molar-refractivity contribution in [2.45, 2.75) is 13.0 Å². The number of pyridine rings is 1. The van der Waals surface area contributed by atoms with Crippen LogP contribution in [0.25, 0.3) is 11.4 Å². The molecule has 1 aromatic carbocycles. The highest BCUT2D eigenvalue weighted by Crippen LogP contribution is 2.37. The van der Waals surface area contributed by atoms with Gasteiger partial charge in [-0.15, -0.1) is 0 Å². The minimum Gasteiger partial charge on any atom is -0.490 e. The molecular weight excluding hydrogens is 406 g/mol.